The topological polar surface area (TPSA) is 51.2 Å². The summed E-state index contributed by atoms with van der Waals surface area (Å²) in [4.78, 5) is 15.8. The first-order valence-electron chi connectivity index (χ1n) is 7.00. The summed E-state index contributed by atoms with van der Waals surface area (Å²) in [6.45, 7) is 5.96. The van der Waals surface area contributed by atoms with Gasteiger partial charge in [-0.15, -0.1) is 0 Å². The van der Waals surface area contributed by atoms with E-state index in [9.17, 15) is 4.79 Å². The molecule has 1 amide bonds. The average Bonchev–Trinajstić information content (AvgIpc) is 2.44. The number of pyridine rings is 1. The van der Waals surface area contributed by atoms with Crippen LogP contribution in [-0.4, -0.2) is 16.7 Å². The van der Waals surface area contributed by atoms with Gasteiger partial charge < -0.3 is 10.1 Å². The number of ether oxygens (including phenoxy) is 1. The smallest absolute Gasteiger partial charge is 0.407 e. The minimum absolute atomic E-state index is 0.409. The van der Waals surface area contributed by atoms with Gasteiger partial charge in [-0.2, -0.15) is 0 Å². The normalized spacial score (nSPS) is 11.1. The second-order valence-corrected chi connectivity index (χ2v) is 6.86. The lowest BCUT2D eigenvalue weighted by molar-refractivity contribution is 0.0523. The number of carbonyl (C=O) groups is 1. The summed E-state index contributed by atoms with van der Waals surface area (Å²) in [7, 11) is 0. The van der Waals surface area contributed by atoms with Crippen molar-refractivity contribution in [3.8, 4) is 11.1 Å². The van der Waals surface area contributed by atoms with Gasteiger partial charge in [0.25, 0.3) is 0 Å². The van der Waals surface area contributed by atoms with Crippen LogP contribution in [0.3, 0.4) is 0 Å². The largest absolute Gasteiger partial charge is 0.444 e. The third kappa shape index (κ3) is 5.15. The van der Waals surface area contributed by atoms with Gasteiger partial charge in [0, 0.05) is 29.0 Å². The fourth-order valence-corrected chi connectivity index (χ4v) is 2.24. The van der Waals surface area contributed by atoms with Crippen molar-refractivity contribution in [1.29, 1.82) is 0 Å². The van der Waals surface area contributed by atoms with Crippen LogP contribution in [0, 0.1) is 0 Å². The summed E-state index contributed by atoms with van der Waals surface area (Å²) < 4.78 is 6.15. The SMILES string of the molecule is CC(C)(C)OC(=O)NCc1ccc(-c2cncc(Br)c2)cc1. The third-order valence-electron chi connectivity index (χ3n) is 2.83. The number of benzene rings is 1. The molecule has 0 aliphatic carbocycles. The number of carbonyl (C=O) groups excluding carboxylic acids is 1. The molecule has 2 aromatic rings. The van der Waals surface area contributed by atoms with Crippen LogP contribution in [0.5, 0.6) is 0 Å². The van der Waals surface area contributed by atoms with Gasteiger partial charge in [-0.25, -0.2) is 4.79 Å². The Morgan fingerprint density at radius 3 is 2.45 bits per heavy atom. The Kier molecular flexibility index (Phi) is 5.19. The molecule has 0 unspecified atom stereocenters. The zero-order valence-electron chi connectivity index (χ0n) is 12.9. The van der Waals surface area contributed by atoms with Gasteiger partial charge in [0.05, 0.1) is 0 Å². The van der Waals surface area contributed by atoms with E-state index in [4.69, 9.17) is 4.74 Å². The molecule has 5 heteroatoms. The maximum Gasteiger partial charge on any atom is 0.407 e. The monoisotopic (exact) mass is 362 g/mol. The van der Waals surface area contributed by atoms with E-state index >= 15 is 0 Å². The lowest BCUT2D eigenvalue weighted by Crippen LogP contribution is -2.32. The van der Waals surface area contributed by atoms with Crippen LogP contribution in [0.25, 0.3) is 11.1 Å². The second kappa shape index (κ2) is 6.92. The molecule has 0 fully saturated rings. The van der Waals surface area contributed by atoms with Gasteiger partial charge in [-0.1, -0.05) is 24.3 Å². The number of nitrogens with zero attached hydrogens (tertiary/aromatic N) is 1. The van der Waals surface area contributed by atoms with Crippen LogP contribution >= 0.6 is 15.9 Å². The molecular formula is C17H19BrN2O2. The molecule has 4 nitrogen and oxygen atoms in total. The molecular weight excluding hydrogens is 344 g/mol. The number of hydrogen-bond donors (Lipinski definition) is 1. The summed E-state index contributed by atoms with van der Waals surface area (Å²) in [5.41, 5.74) is 2.65. The predicted octanol–water partition coefficient (Wildman–Crippen LogP) is 4.54. The molecule has 0 aliphatic heterocycles. The van der Waals surface area contributed by atoms with Crippen LogP contribution in [0.1, 0.15) is 26.3 Å². The zero-order valence-corrected chi connectivity index (χ0v) is 14.5. The minimum atomic E-state index is -0.484. The number of nitrogens with one attached hydrogen (secondary N) is 1. The molecule has 1 N–H and O–H groups in total. The van der Waals surface area contributed by atoms with Crippen LogP contribution in [0.15, 0.2) is 47.2 Å². The first-order chi connectivity index (χ1) is 10.3. The van der Waals surface area contributed by atoms with E-state index in [0.29, 0.717) is 6.54 Å². The van der Waals surface area contributed by atoms with Crippen LogP contribution < -0.4 is 5.32 Å². The first kappa shape index (κ1) is 16.5. The maximum atomic E-state index is 11.6. The number of amides is 1. The molecule has 1 aromatic heterocycles. The van der Waals surface area contributed by atoms with Gasteiger partial charge >= 0.3 is 6.09 Å². The molecule has 0 atom stereocenters. The quantitative estimate of drug-likeness (QED) is 0.871. The summed E-state index contributed by atoms with van der Waals surface area (Å²) in [5, 5.41) is 2.74. The van der Waals surface area contributed by atoms with Crippen molar-refractivity contribution in [2.24, 2.45) is 0 Å². The van der Waals surface area contributed by atoms with Crippen LogP contribution in [-0.2, 0) is 11.3 Å². The van der Waals surface area contributed by atoms with Gasteiger partial charge in [0.1, 0.15) is 5.60 Å². The summed E-state index contributed by atoms with van der Waals surface area (Å²) >= 11 is 3.41. The standard InChI is InChI=1S/C17H19BrN2O2/c1-17(2,3)22-16(21)20-9-12-4-6-13(7-5-12)14-8-15(18)11-19-10-14/h4-8,10-11H,9H2,1-3H3,(H,20,21). The first-order valence-corrected chi connectivity index (χ1v) is 7.79. The van der Waals surface area contributed by atoms with Crippen molar-refractivity contribution >= 4 is 22.0 Å². The van der Waals surface area contributed by atoms with Crippen molar-refractivity contribution < 1.29 is 9.53 Å². The van der Waals surface area contributed by atoms with Gasteiger partial charge in [-0.3, -0.25) is 4.98 Å². The maximum absolute atomic E-state index is 11.6. The third-order valence-corrected chi connectivity index (χ3v) is 3.26. The lowest BCUT2D eigenvalue weighted by Gasteiger charge is -2.19. The Bertz CT molecular complexity index is 648. The van der Waals surface area contributed by atoms with E-state index in [2.05, 4.69) is 26.2 Å². The fraction of sp³-hybridized carbons (Fsp3) is 0.294. The Morgan fingerprint density at radius 1 is 1.18 bits per heavy atom. The number of halogens is 1. The Labute approximate surface area is 139 Å². The van der Waals surface area contributed by atoms with Gasteiger partial charge in [0.2, 0.25) is 0 Å². The van der Waals surface area contributed by atoms with E-state index in [1.165, 1.54) is 0 Å². The molecule has 22 heavy (non-hydrogen) atoms. The molecule has 0 aliphatic rings. The molecule has 1 heterocycles. The van der Waals surface area contributed by atoms with Crippen molar-refractivity contribution in [2.75, 3.05) is 0 Å². The van der Waals surface area contributed by atoms with E-state index < -0.39 is 11.7 Å². The van der Waals surface area contributed by atoms with Crippen molar-refractivity contribution in [1.82, 2.24) is 10.3 Å². The molecule has 0 spiro atoms. The van der Waals surface area contributed by atoms with E-state index in [1.54, 1.807) is 6.20 Å². The molecule has 0 saturated heterocycles. The zero-order chi connectivity index (χ0) is 16.2. The fourth-order valence-electron chi connectivity index (χ4n) is 1.87. The molecule has 116 valence electrons. The lowest BCUT2D eigenvalue weighted by atomic mass is 10.1. The average molecular weight is 363 g/mol. The van der Waals surface area contributed by atoms with E-state index in [1.807, 2.05) is 57.3 Å². The Hall–Kier alpha value is -1.88. The molecule has 0 saturated carbocycles. The number of alkyl carbamates (subject to hydrolysis) is 1. The minimum Gasteiger partial charge on any atom is -0.444 e. The number of aromatic nitrogens is 1. The van der Waals surface area contributed by atoms with Gasteiger partial charge in [-0.05, 0) is 53.9 Å². The number of rotatable bonds is 3. The molecule has 1 aromatic carbocycles. The van der Waals surface area contributed by atoms with Gasteiger partial charge in [0.15, 0.2) is 0 Å². The molecule has 0 bridgehead atoms. The van der Waals surface area contributed by atoms with Crippen molar-refractivity contribution in [3.63, 3.8) is 0 Å². The van der Waals surface area contributed by atoms with Crippen LogP contribution in [0.2, 0.25) is 0 Å². The summed E-state index contributed by atoms with van der Waals surface area (Å²) in [5.74, 6) is 0. The molecule has 0 radical (unpaired) electrons. The Morgan fingerprint density at radius 2 is 1.86 bits per heavy atom. The van der Waals surface area contributed by atoms with E-state index in [0.717, 1.165) is 21.2 Å². The van der Waals surface area contributed by atoms with Crippen molar-refractivity contribution in [2.45, 2.75) is 32.9 Å². The second-order valence-electron chi connectivity index (χ2n) is 5.94. The molecule has 2 rings (SSSR count). The number of hydrogen-bond acceptors (Lipinski definition) is 3. The highest BCUT2D eigenvalue weighted by atomic mass is 79.9. The summed E-state index contributed by atoms with van der Waals surface area (Å²) in [6.07, 6.45) is 3.16. The van der Waals surface area contributed by atoms with Crippen molar-refractivity contribution in [3.05, 3.63) is 52.8 Å². The highest BCUT2D eigenvalue weighted by Gasteiger charge is 2.15. The summed E-state index contributed by atoms with van der Waals surface area (Å²) in [6, 6.07) is 9.99. The predicted molar refractivity (Wildman–Crippen MR) is 90.4 cm³/mol. The van der Waals surface area contributed by atoms with E-state index in [-0.39, 0.29) is 0 Å². The highest BCUT2D eigenvalue weighted by molar-refractivity contribution is 9.10. The van der Waals surface area contributed by atoms with Crippen LogP contribution in [0.4, 0.5) is 4.79 Å². The Balaban J connectivity index is 1.96. The highest BCUT2D eigenvalue weighted by Crippen LogP contribution is 2.22.